The van der Waals surface area contributed by atoms with Crippen molar-refractivity contribution in [1.82, 2.24) is 19.5 Å². The number of fused-ring (bicyclic) bond motifs is 2. The van der Waals surface area contributed by atoms with Gasteiger partial charge in [0.1, 0.15) is 6.61 Å². The number of aromatic nitrogens is 4. The normalized spacial score (nSPS) is 17.5. The Morgan fingerprint density at radius 2 is 1.91 bits per heavy atom. The highest BCUT2D eigenvalue weighted by atomic mass is 16.5. The molecule has 0 fully saturated rings. The van der Waals surface area contributed by atoms with Gasteiger partial charge in [0.25, 0.3) is 0 Å². The molecule has 0 aliphatic heterocycles. The van der Waals surface area contributed by atoms with E-state index in [1.165, 1.54) is 5.56 Å². The van der Waals surface area contributed by atoms with E-state index in [4.69, 9.17) is 4.74 Å². The molecule has 3 heterocycles. The first-order valence-electron chi connectivity index (χ1n) is 10.7. The molecule has 0 saturated carbocycles. The zero-order valence-electron chi connectivity index (χ0n) is 17.3. The maximum absolute atomic E-state index is 10.9. The first-order valence-corrected chi connectivity index (χ1v) is 10.7. The van der Waals surface area contributed by atoms with Gasteiger partial charge in [0.05, 0.1) is 42.1 Å². The molecule has 0 bridgehead atoms. The molecule has 32 heavy (non-hydrogen) atoms. The zero-order chi connectivity index (χ0) is 21.5. The van der Waals surface area contributed by atoms with Crippen LogP contribution >= 0.6 is 0 Å². The molecule has 2 atom stereocenters. The summed E-state index contributed by atoms with van der Waals surface area (Å²) >= 11 is 0. The molecule has 0 saturated heterocycles. The number of nitrogens with zero attached hydrogens (tertiary/aromatic N) is 3. The van der Waals surface area contributed by atoms with E-state index < -0.39 is 6.10 Å². The maximum atomic E-state index is 10.9. The molecule has 6 rings (SSSR count). The van der Waals surface area contributed by atoms with Crippen LogP contribution in [0.4, 0.5) is 0 Å². The van der Waals surface area contributed by atoms with Crippen LogP contribution in [0, 0.1) is 0 Å². The van der Waals surface area contributed by atoms with Gasteiger partial charge in [0.15, 0.2) is 0 Å². The average molecular weight is 422 g/mol. The van der Waals surface area contributed by atoms with Crippen LogP contribution in [-0.2, 0) is 13.0 Å². The van der Waals surface area contributed by atoms with Crippen molar-refractivity contribution in [2.24, 2.45) is 0 Å². The van der Waals surface area contributed by atoms with Crippen molar-refractivity contribution in [2.45, 2.75) is 25.2 Å². The summed E-state index contributed by atoms with van der Waals surface area (Å²) in [5.41, 5.74) is 6.29. The van der Waals surface area contributed by atoms with Crippen molar-refractivity contribution in [1.29, 1.82) is 0 Å². The average Bonchev–Trinajstić information content (AvgIpc) is 3.53. The smallest absolute Gasteiger partial charge is 0.214 e. The Bertz CT molecular complexity index is 1390. The van der Waals surface area contributed by atoms with Gasteiger partial charge >= 0.3 is 0 Å². The first-order chi connectivity index (χ1) is 15.8. The van der Waals surface area contributed by atoms with Crippen LogP contribution in [0.5, 0.6) is 5.88 Å². The minimum atomic E-state index is -0.489. The van der Waals surface area contributed by atoms with Crippen LogP contribution in [0.25, 0.3) is 22.2 Å². The molecular formula is C26H22N4O2. The monoisotopic (exact) mass is 422 g/mol. The number of rotatable bonds is 5. The topological polar surface area (TPSA) is 76.0 Å². The molecular weight excluding hydrogens is 400 g/mol. The number of nitrogens with one attached hydrogen (secondary N) is 1. The summed E-state index contributed by atoms with van der Waals surface area (Å²) in [4.78, 5) is 12.2. The van der Waals surface area contributed by atoms with Crippen molar-refractivity contribution in [2.75, 3.05) is 0 Å². The van der Waals surface area contributed by atoms with E-state index in [9.17, 15) is 5.11 Å². The molecule has 158 valence electrons. The highest BCUT2D eigenvalue weighted by molar-refractivity contribution is 5.94. The SMILES string of the molecule is OC1Cc2ccccc2C1n1cncc1-c1c[nH]c2cnc(OCc3ccccc3)cc12. The van der Waals surface area contributed by atoms with E-state index in [0.717, 1.165) is 33.3 Å². The lowest BCUT2D eigenvalue weighted by molar-refractivity contribution is 0.145. The third-order valence-corrected chi connectivity index (χ3v) is 6.18. The van der Waals surface area contributed by atoms with Gasteiger partial charge in [-0.05, 0) is 16.7 Å². The van der Waals surface area contributed by atoms with Gasteiger partial charge in [0, 0.05) is 29.6 Å². The Balaban J connectivity index is 1.37. The maximum Gasteiger partial charge on any atom is 0.214 e. The second-order valence-electron chi connectivity index (χ2n) is 8.15. The van der Waals surface area contributed by atoms with Crippen LogP contribution < -0.4 is 4.74 Å². The number of hydrogen-bond donors (Lipinski definition) is 2. The third-order valence-electron chi connectivity index (χ3n) is 6.18. The predicted molar refractivity (Wildman–Crippen MR) is 122 cm³/mol. The van der Waals surface area contributed by atoms with Crippen molar-refractivity contribution in [3.63, 3.8) is 0 Å². The molecule has 0 radical (unpaired) electrons. The van der Waals surface area contributed by atoms with E-state index in [1.807, 2.05) is 60.9 Å². The van der Waals surface area contributed by atoms with Gasteiger partial charge < -0.3 is 19.4 Å². The summed E-state index contributed by atoms with van der Waals surface area (Å²) in [6.07, 6.45) is 7.57. The number of H-pyrrole nitrogens is 1. The van der Waals surface area contributed by atoms with Crippen LogP contribution in [-0.4, -0.2) is 30.7 Å². The summed E-state index contributed by atoms with van der Waals surface area (Å²) in [5.74, 6) is 0.569. The van der Waals surface area contributed by atoms with Gasteiger partial charge in [-0.15, -0.1) is 0 Å². The lowest BCUT2D eigenvalue weighted by atomic mass is 10.1. The Labute approximate surface area is 185 Å². The lowest BCUT2D eigenvalue weighted by Crippen LogP contribution is -2.21. The summed E-state index contributed by atoms with van der Waals surface area (Å²) in [6, 6.07) is 20.1. The minimum Gasteiger partial charge on any atom is -0.473 e. The Morgan fingerprint density at radius 3 is 2.81 bits per heavy atom. The largest absolute Gasteiger partial charge is 0.473 e. The van der Waals surface area contributed by atoms with Crippen molar-refractivity contribution in [3.8, 4) is 17.1 Å². The molecule has 2 unspecified atom stereocenters. The third kappa shape index (κ3) is 3.16. The Hall–Kier alpha value is -3.90. The van der Waals surface area contributed by atoms with Gasteiger partial charge in [-0.2, -0.15) is 0 Å². The van der Waals surface area contributed by atoms with Gasteiger partial charge in [-0.3, -0.25) is 0 Å². The summed E-state index contributed by atoms with van der Waals surface area (Å²) < 4.78 is 8.02. The van der Waals surface area contributed by atoms with E-state index in [2.05, 4.69) is 31.7 Å². The number of imidazole rings is 1. The van der Waals surface area contributed by atoms with E-state index in [-0.39, 0.29) is 6.04 Å². The standard InChI is InChI=1S/C26H22N4O2/c31-24-10-18-8-4-5-9-19(18)26(24)30-16-27-14-23(30)21-12-28-22-13-29-25(11-20(21)22)32-15-17-6-2-1-3-7-17/h1-9,11-14,16,24,26,28,31H,10,15H2. The van der Waals surface area contributed by atoms with E-state index >= 15 is 0 Å². The molecule has 2 aromatic carbocycles. The summed E-state index contributed by atoms with van der Waals surface area (Å²) in [7, 11) is 0. The molecule has 3 aromatic heterocycles. The fourth-order valence-corrected chi connectivity index (χ4v) is 4.65. The molecule has 6 heteroatoms. The molecule has 5 aromatic rings. The van der Waals surface area contributed by atoms with Crippen molar-refractivity contribution < 1.29 is 9.84 Å². The van der Waals surface area contributed by atoms with Crippen molar-refractivity contribution >= 4 is 10.9 Å². The number of aliphatic hydroxyl groups excluding tert-OH is 1. The second kappa shape index (κ2) is 7.66. The van der Waals surface area contributed by atoms with E-state index in [0.29, 0.717) is 18.9 Å². The number of hydrogen-bond acceptors (Lipinski definition) is 4. The molecule has 0 spiro atoms. The van der Waals surface area contributed by atoms with Crippen molar-refractivity contribution in [3.05, 3.63) is 102 Å². The highest BCUT2D eigenvalue weighted by Crippen LogP contribution is 2.39. The molecule has 6 nitrogen and oxygen atoms in total. The molecule has 0 amide bonds. The van der Waals surface area contributed by atoms with Gasteiger partial charge in [0.2, 0.25) is 5.88 Å². The van der Waals surface area contributed by atoms with Crippen LogP contribution in [0.3, 0.4) is 0 Å². The number of ether oxygens (including phenoxy) is 1. The number of aliphatic hydroxyl groups is 1. The van der Waals surface area contributed by atoms with Gasteiger partial charge in [-0.1, -0.05) is 54.6 Å². The Kier molecular flexibility index (Phi) is 4.51. The predicted octanol–water partition coefficient (Wildman–Crippen LogP) is 4.51. The number of benzene rings is 2. The summed E-state index contributed by atoms with van der Waals surface area (Å²) in [6.45, 7) is 0.460. The van der Waals surface area contributed by atoms with Gasteiger partial charge in [-0.25, -0.2) is 9.97 Å². The first kappa shape index (κ1) is 18.8. The molecule has 2 N–H and O–H groups in total. The lowest BCUT2D eigenvalue weighted by Gasteiger charge is -2.20. The van der Waals surface area contributed by atoms with E-state index in [1.54, 1.807) is 12.5 Å². The molecule has 1 aliphatic carbocycles. The fourth-order valence-electron chi connectivity index (χ4n) is 4.65. The zero-order valence-corrected chi connectivity index (χ0v) is 17.3. The van der Waals surface area contributed by atoms with Crippen LogP contribution in [0.1, 0.15) is 22.7 Å². The number of aromatic amines is 1. The number of pyridine rings is 1. The fraction of sp³-hybridized carbons (Fsp3) is 0.154. The quantitative estimate of drug-likeness (QED) is 0.437. The van der Waals surface area contributed by atoms with Crippen LogP contribution in [0.15, 0.2) is 85.6 Å². The summed E-state index contributed by atoms with van der Waals surface area (Å²) in [5, 5.41) is 11.9. The minimum absolute atomic E-state index is 0.163. The molecule has 1 aliphatic rings. The second-order valence-corrected chi connectivity index (χ2v) is 8.15. The Morgan fingerprint density at radius 1 is 1.06 bits per heavy atom. The van der Waals surface area contributed by atoms with Crippen LogP contribution in [0.2, 0.25) is 0 Å². The highest BCUT2D eigenvalue weighted by Gasteiger charge is 2.33.